The summed E-state index contributed by atoms with van der Waals surface area (Å²) in [5, 5.41) is 12.1. The van der Waals surface area contributed by atoms with Crippen molar-refractivity contribution in [1.29, 1.82) is 0 Å². The first-order chi connectivity index (χ1) is 8.93. The summed E-state index contributed by atoms with van der Waals surface area (Å²) in [6.45, 7) is 1.72. The molecule has 1 aromatic heterocycles. The van der Waals surface area contributed by atoms with E-state index >= 15 is 0 Å². The fourth-order valence-corrected chi connectivity index (χ4v) is 3.51. The molecule has 2 heterocycles. The first kappa shape index (κ1) is 14.1. The maximum Gasteiger partial charge on any atom is 0.330 e. The highest BCUT2D eigenvalue weighted by Gasteiger charge is 2.43. The van der Waals surface area contributed by atoms with E-state index in [9.17, 15) is 14.7 Å². The summed E-state index contributed by atoms with van der Waals surface area (Å²) in [6, 6.07) is 3.01. The molecule has 1 aliphatic rings. The summed E-state index contributed by atoms with van der Waals surface area (Å²) < 4.78 is 0. The van der Waals surface area contributed by atoms with Crippen molar-refractivity contribution in [3.8, 4) is 0 Å². The molecule has 2 rings (SSSR count). The normalized spacial score (nSPS) is 22.2. The number of carboxylic acids is 1. The molecule has 1 aliphatic heterocycles. The Labute approximate surface area is 119 Å². The molecule has 5 nitrogen and oxygen atoms in total. The van der Waals surface area contributed by atoms with E-state index in [1.807, 2.05) is 0 Å². The third kappa shape index (κ3) is 3.01. The highest BCUT2D eigenvalue weighted by Crippen LogP contribution is 2.28. The molecule has 0 aromatic carbocycles. The summed E-state index contributed by atoms with van der Waals surface area (Å²) in [7, 11) is 0. The van der Waals surface area contributed by atoms with Crippen LogP contribution >= 0.6 is 23.4 Å². The van der Waals surface area contributed by atoms with Crippen molar-refractivity contribution in [2.75, 3.05) is 11.5 Å². The number of carbonyl (C=O) groups excluding carboxylic acids is 1. The van der Waals surface area contributed by atoms with Gasteiger partial charge in [0.05, 0.1) is 0 Å². The molecule has 7 heteroatoms. The number of rotatable bonds is 3. The predicted octanol–water partition coefficient (Wildman–Crippen LogP) is 1.73. The van der Waals surface area contributed by atoms with Crippen molar-refractivity contribution in [1.82, 2.24) is 10.3 Å². The molecule has 1 aromatic rings. The van der Waals surface area contributed by atoms with Crippen molar-refractivity contribution in [2.45, 2.75) is 18.9 Å². The summed E-state index contributed by atoms with van der Waals surface area (Å²) in [5.74, 6) is -0.325. The van der Waals surface area contributed by atoms with Crippen LogP contribution in [0, 0.1) is 6.92 Å². The van der Waals surface area contributed by atoms with Gasteiger partial charge in [-0.15, -0.1) is 0 Å². The highest BCUT2D eigenvalue weighted by atomic mass is 35.5. The molecular formula is C12H13ClN2O3S. The molecule has 2 N–H and O–H groups in total. The van der Waals surface area contributed by atoms with Crippen LogP contribution in [0.25, 0.3) is 0 Å². The molecule has 19 heavy (non-hydrogen) atoms. The number of aryl methyl sites for hydroxylation is 1. The number of nitrogens with zero attached hydrogens (tertiary/aromatic N) is 1. The van der Waals surface area contributed by atoms with E-state index in [-0.39, 0.29) is 5.15 Å². The fraction of sp³-hybridized carbons (Fsp3) is 0.417. The Morgan fingerprint density at radius 1 is 1.53 bits per heavy atom. The number of amides is 1. The van der Waals surface area contributed by atoms with Gasteiger partial charge in [0, 0.05) is 17.0 Å². The molecule has 0 aliphatic carbocycles. The predicted molar refractivity (Wildman–Crippen MR) is 73.8 cm³/mol. The van der Waals surface area contributed by atoms with Crippen molar-refractivity contribution in [3.05, 3.63) is 28.5 Å². The smallest absolute Gasteiger partial charge is 0.330 e. The van der Waals surface area contributed by atoms with Gasteiger partial charge in [0.1, 0.15) is 10.7 Å². The van der Waals surface area contributed by atoms with Gasteiger partial charge < -0.3 is 10.4 Å². The van der Waals surface area contributed by atoms with E-state index in [1.54, 1.807) is 13.0 Å². The molecule has 1 unspecified atom stereocenters. The second-order valence-corrected chi connectivity index (χ2v) is 5.96. The number of nitrogens with one attached hydrogen (secondary N) is 1. The van der Waals surface area contributed by atoms with Gasteiger partial charge in [-0.25, -0.2) is 9.78 Å². The SMILES string of the molecule is Cc1cc(C(=O)NC2(C(=O)O)CCSC2)cc(Cl)n1. The first-order valence-electron chi connectivity index (χ1n) is 5.71. The average Bonchev–Trinajstić information content (AvgIpc) is 2.77. The largest absolute Gasteiger partial charge is 0.479 e. The average molecular weight is 301 g/mol. The molecule has 102 valence electrons. The number of aliphatic carboxylic acids is 1. The van der Waals surface area contributed by atoms with Crippen molar-refractivity contribution < 1.29 is 14.7 Å². The third-order valence-corrected chi connectivity index (χ3v) is 4.35. The number of pyridine rings is 1. The monoisotopic (exact) mass is 300 g/mol. The summed E-state index contributed by atoms with van der Waals surface area (Å²) in [6.07, 6.45) is 0.427. The first-order valence-corrected chi connectivity index (χ1v) is 7.24. The van der Waals surface area contributed by atoms with Gasteiger partial charge in [0.2, 0.25) is 0 Å². The Morgan fingerprint density at radius 3 is 2.79 bits per heavy atom. The van der Waals surface area contributed by atoms with E-state index < -0.39 is 17.4 Å². The highest BCUT2D eigenvalue weighted by molar-refractivity contribution is 7.99. The van der Waals surface area contributed by atoms with Crippen LogP contribution in [0.2, 0.25) is 5.15 Å². The summed E-state index contributed by atoms with van der Waals surface area (Å²) in [5.41, 5.74) is -0.233. The van der Waals surface area contributed by atoms with Crippen LogP contribution in [0.15, 0.2) is 12.1 Å². The number of carboxylic acid groups (broad SMARTS) is 1. The minimum Gasteiger partial charge on any atom is -0.479 e. The molecule has 0 spiro atoms. The van der Waals surface area contributed by atoms with E-state index in [2.05, 4.69) is 10.3 Å². The van der Waals surface area contributed by atoms with Crippen molar-refractivity contribution in [3.63, 3.8) is 0 Å². The molecule has 1 fully saturated rings. The lowest BCUT2D eigenvalue weighted by molar-refractivity contribution is -0.143. The van der Waals surface area contributed by atoms with Gasteiger partial charge in [0.15, 0.2) is 0 Å². The zero-order valence-corrected chi connectivity index (χ0v) is 11.8. The van der Waals surface area contributed by atoms with E-state index in [1.165, 1.54) is 17.8 Å². The minimum atomic E-state index is -1.18. The number of hydrogen-bond acceptors (Lipinski definition) is 4. The Hall–Kier alpha value is -1.27. The number of aromatic nitrogens is 1. The van der Waals surface area contributed by atoms with Crippen LogP contribution in [0.1, 0.15) is 22.5 Å². The van der Waals surface area contributed by atoms with Crippen LogP contribution in [0.4, 0.5) is 0 Å². The van der Waals surface area contributed by atoms with E-state index in [0.29, 0.717) is 23.4 Å². The zero-order valence-electron chi connectivity index (χ0n) is 10.3. The van der Waals surface area contributed by atoms with Gasteiger partial charge in [-0.05, 0) is 31.2 Å². The lowest BCUT2D eigenvalue weighted by atomic mass is 9.98. The zero-order chi connectivity index (χ0) is 14.0. The van der Waals surface area contributed by atoms with Crippen molar-refractivity contribution >= 4 is 35.2 Å². The fourth-order valence-electron chi connectivity index (χ4n) is 1.93. The molecule has 1 saturated heterocycles. The van der Waals surface area contributed by atoms with E-state index in [0.717, 1.165) is 5.75 Å². The molecule has 0 saturated carbocycles. The number of halogens is 1. The quantitative estimate of drug-likeness (QED) is 0.831. The topological polar surface area (TPSA) is 79.3 Å². The second-order valence-electron chi connectivity index (χ2n) is 4.46. The van der Waals surface area contributed by atoms with Crippen LogP contribution in [-0.2, 0) is 4.79 Å². The van der Waals surface area contributed by atoms with Crippen LogP contribution in [0.5, 0.6) is 0 Å². The Balaban J connectivity index is 2.22. The Bertz CT molecular complexity index is 509. The van der Waals surface area contributed by atoms with Crippen LogP contribution < -0.4 is 5.32 Å². The van der Waals surface area contributed by atoms with Gasteiger partial charge in [-0.2, -0.15) is 11.8 Å². The van der Waals surface area contributed by atoms with Crippen molar-refractivity contribution in [2.24, 2.45) is 0 Å². The maximum absolute atomic E-state index is 12.1. The van der Waals surface area contributed by atoms with Crippen LogP contribution in [-0.4, -0.2) is 39.0 Å². The van der Waals surface area contributed by atoms with Crippen LogP contribution in [0.3, 0.4) is 0 Å². The number of hydrogen-bond donors (Lipinski definition) is 2. The summed E-state index contributed by atoms with van der Waals surface area (Å²) in [4.78, 5) is 27.5. The third-order valence-electron chi connectivity index (χ3n) is 2.97. The number of thioether (sulfide) groups is 1. The molecule has 0 radical (unpaired) electrons. The van der Waals surface area contributed by atoms with Gasteiger partial charge >= 0.3 is 5.97 Å². The lowest BCUT2D eigenvalue weighted by Crippen LogP contribution is -2.54. The van der Waals surface area contributed by atoms with Gasteiger partial charge in [-0.3, -0.25) is 4.79 Å². The molecule has 0 bridgehead atoms. The molecule has 1 amide bonds. The molecule has 1 atom stereocenters. The van der Waals surface area contributed by atoms with Gasteiger partial charge in [-0.1, -0.05) is 11.6 Å². The lowest BCUT2D eigenvalue weighted by Gasteiger charge is -2.24. The standard InChI is InChI=1S/C12H13ClN2O3S/c1-7-4-8(5-9(13)14-7)10(16)15-12(11(17)18)2-3-19-6-12/h4-5H,2-3,6H2,1H3,(H,15,16)(H,17,18). The number of carbonyl (C=O) groups is 2. The maximum atomic E-state index is 12.1. The Morgan fingerprint density at radius 2 is 2.26 bits per heavy atom. The molecular weight excluding hydrogens is 288 g/mol. The van der Waals surface area contributed by atoms with E-state index in [4.69, 9.17) is 11.6 Å². The Kier molecular flexibility index (Phi) is 4.01. The van der Waals surface area contributed by atoms with Gasteiger partial charge in [0.25, 0.3) is 5.91 Å². The second kappa shape index (κ2) is 5.38. The minimum absolute atomic E-state index is 0.218. The summed E-state index contributed by atoms with van der Waals surface area (Å²) >= 11 is 7.32.